The summed E-state index contributed by atoms with van der Waals surface area (Å²) in [5.74, 6) is -0.431. The van der Waals surface area contributed by atoms with Crippen molar-refractivity contribution >= 4 is 21.7 Å². The Morgan fingerprint density at radius 3 is 2.48 bits per heavy atom. The Kier molecular flexibility index (Phi) is 5.72. The first-order valence-electron chi connectivity index (χ1n) is 9.76. The van der Waals surface area contributed by atoms with Crippen molar-refractivity contribution in [2.75, 3.05) is 11.6 Å². The minimum absolute atomic E-state index is 0.0526. The van der Waals surface area contributed by atoms with Crippen LogP contribution in [0.1, 0.15) is 21.7 Å². The molecule has 2 aromatic heterocycles. The number of anilines is 1. The Morgan fingerprint density at radius 1 is 1.06 bits per heavy atom. The minimum Gasteiger partial charge on any atom is -0.289 e. The molecule has 0 saturated carbocycles. The molecular formula is C23H18N6O3S. The summed E-state index contributed by atoms with van der Waals surface area (Å²) >= 11 is 0. The number of hydrogen-bond acceptors (Lipinski definition) is 7. The van der Waals surface area contributed by atoms with Crippen molar-refractivity contribution in [3.05, 3.63) is 83.9 Å². The van der Waals surface area contributed by atoms with Crippen LogP contribution in [0.2, 0.25) is 0 Å². The summed E-state index contributed by atoms with van der Waals surface area (Å²) in [5, 5.41) is 16.1. The number of benzene rings is 2. The highest BCUT2D eigenvalue weighted by molar-refractivity contribution is 7.90. The van der Waals surface area contributed by atoms with Gasteiger partial charge in [-0.1, -0.05) is 24.3 Å². The monoisotopic (exact) mass is 458 g/mol. The van der Waals surface area contributed by atoms with Gasteiger partial charge in [0.2, 0.25) is 5.95 Å². The second-order valence-electron chi connectivity index (χ2n) is 7.26. The Hall–Kier alpha value is -4.36. The van der Waals surface area contributed by atoms with Crippen molar-refractivity contribution in [3.63, 3.8) is 0 Å². The van der Waals surface area contributed by atoms with Crippen LogP contribution in [0.15, 0.2) is 71.9 Å². The van der Waals surface area contributed by atoms with Crippen molar-refractivity contribution in [2.24, 2.45) is 0 Å². The van der Waals surface area contributed by atoms with Gasteiger partial charge in [-0.2, -0.15) is 10.4 Å². The van der Waals surface area contributed by atoms with Gasteiger partial charge in [0, 0.05) is 29.8 Å². The molecular weight excluding hydrogens is 440 g/mol. The largest absolute Gasteiger partial charge is 0.289 e. The van der Waals surface area contributed by atoms with Crippen LogP contribution >= 0.6 is 0 Å². The van der Waals surface area contributed by atoms with E-state index in [1.165, 1.54) is 23.1 Å². The van der Waals surface area contributed by atoms with Crippen LogP contribution in [0.4, 0.5) is 5.95 Å². The lowest BCUT2D eigenvalue weighted by molar-refractivity contribution is 0.101. The molecule has 0 bridgehead atoms. The number of nitrogens with zero attached hydrogens (tertiary/aromatic N) is 5. The number of carbonyl (C=O) groups is 1. The molecule has 10 heteroatoms. The topological polar surface area (TPSA) is 131 Å². The van der Waals surface area contributed by atoms with Gasteiger partial charge in [0.15, 0.2) is 9.84 Å². The van der Waals surface area contributed by atoms with Crippen LogP contribution in [0.3, 0.4) is 0 Å². The molecule has 0 aliphatic carbocycles. The number of nitriles is 1. The molecule has 1 amide bonds. The maximum absolute atomic E-state index is 12.9. The molecule has 0 unspecified atom stereocenters. The second-order valence-corrected chi connectivity index (χ2v) is 9.25. The smallest absolute Gasteiger partial charge is 0.276 e. The molecule has 0 aliphatic heterocycles. The van der Waals surface area contributed by atoms with Crippen LogP contribution in [-0.2, 0) is 9.84 Å². The second kappa shape index (κ2) is 8.64. The van der Waals surface area contributed by atoms with Gasteiger partial charge in [0.1, 0.15) is 5.69 Å². The van der Waals surface area contributed by atoms with E-state index in [1.54, 1.807) is 55.5 Å². The van der Waals surface area contributed by atoms with E-state index in [1.807, 2.05) is 0 Å². The van der Waals surface area contributed by atoms with E-state index in [0.29, 0.717) is 28.1 Å². The van der Waals surface area contributed by atoms with E-state index in [-0.39, 0.29) is 16.5 Å². The Balaban J connectivity index is 1.61. The van der Waals surface area contributed by atoms with Crippen molar-refractivity contribution in [3.8, 4) is 22.9 Å². The van der Waals surface area contributed by atoms with Crippen molar-refractivity contribution in [1.82, 2.24) is 19.7 Å². The summed E-state index contributed by atoms with van der Waals surface area (Å²) in [6.45, 7) is 1.76. The third kappa shape index (κ3) is 4.63. The summed E-state index contributed by atoms with van der Waals surface area (Å²) in [5.41, 5.74) is 2.86. The first-order chi connectivity index (χ1) is 15.8. The van der Waals surface area contributed by atoms with Crippen LogP contribution < -0.4 is 5.32 Å². The predicted molar refractivity (Wildman–Crippen MR) is 122 cm³/mol. The molecule has 0 aliphatic rings. The number of hydrogen-bond donors (Lipinski definition) is 1. The first-order valence-corrected chi connectivity index (χ1v) is 11.7. The Labute approximate surface area is 190 Å². The fraction of sp³-hybridized carbons (Fsp3) is 0.0870. The zero-order chi connectivity index (χ0) is 23.6. The van der Waals surface area contributed by atoms with E-state index >= 15 is 0 Å². The van der Waals surface area contributed by atoms with Crippen LogP contribution in [0.25, 0.3) is 16.8 Å². The Bertz CT molecular complexity index is 1500. The fourth-order valence-electron chi connectivity index (χ4n) is 3.29. The molecule has 0 radical (unpaired) electrons. The number of aromatic nitrogens is 4. The quantitative estimate of drug-likeness (QED) is 0.486. The number of sulfone groups is 1. The van der Waals surface area contributed by atoms with E-state index in [2.05, 4.69) is 26.5 Å². The highest BCUT2D eigenvalue weighted by Crippen LogP contribution is 2.26. The van der Waals surface area contributed by atoms with Crippen LogP contribution in [-0.4, -0.2) is 40.3 Å². The molecule has 4 aromatic rings. The average molecular weight is 459 g/mol. The number of rotatable bonds is 5. The van der Waals surface area contributed by atoms with E-state index < -0.39 is 15.7 Å². The zero-order valence-corrected chi connectivity index (χ0v) is 18.5. The van der Waals surface area contributed by atoms with Gasteiger partial charge < -0.3 is 0 Å². The normalized spacial score (nSPS) is 11.1. The third-order valence-electron chi connectivity index (χ3n) is 4.76. The maximum atomic E-state index is 12.9. The number of nitrogens with one attached hydrogen (secondary N) is 1. The minimum atomic E-state index is -3.44. The number of carbonyl (C=O) groups excluding carboxylic acids is 1. The van der Waals surface area contributed by atoms with Gasteiger partial charge >= 0.3 is 0 Å². The number of aryl methyl sites for hydroxylation is 1. The Morgan fingerprint density at radius 2 is 1.79 bits per heavy atom. The third-order valence-corrected chi connectivity index (χ3v) is 5.91. The van der Waals surface area contributed by atoms with Gasteiger partial charge in [-0.3, -0.25) is 10.1 Å². The molecule has 9 nitrogen and oxygen atoms in total. The van der Waals surface area contributed by atoms with Crippen molar-refractivity contribution in [2.45, 2.75) is 11.8 Å². The fourth-order valence-corrected chi connectivity index (χ4v) is 4.20. The molecule has 164 valence electrons. The zero-order valence-electron chi connectivity index (χ0n) is 17.7. The molecule has 0 spiro atoms. The van der Waals surface area contributed by atoms with Gasteiger partial charge in [-0.15, -0.1) is 0 Å². The van der Waals surface area contributed by atoms with E-state index in [0.717, 1.165) is 6.26 Å². The maximum Gasteiger partial charge on any atom is 0.276 e. The summed E-state index contributed by atoms with van der Waals surface area (Å²) < 4.78 is 25.6. The SMILES string of the molecule is Cc1cc(C(=O)Nc2ncc(-c3ccccc3S(C)(=O)=O)cn2)n(-c2cccc(C#N)c2)n1. The lowest BCUT2D eigenvalue weighted by Crippen LogP contribution is -2.18. The summed E-state index contributed by atoms with van der Waals surface area (Å²) in [4.78, 5) is 21.4. The highest BCUT2D eigenvalue weighted by atomic mass is 32.2. The standard InChI is InChI=1S/C23H18N6O3S/c1-15-10-20(29(28-15)18-7-5-6-16(11-18)12-24)22(30)27-23-25-13-17(14-26-23)19-8-3-4-9-21(19)33(2,31)32/h3-11,13-14H,1-2H3,(H,25,26,27,30). The molecule has 0 saturated heterocycles. The molecule has 33 heavy (non-hydrogen) atoms. The van der Waals surface area contributed by atoms with E-state index in [4.69, 9.17) is 5.26 Å². The van der Waals surface area contributed by atoms with Crippen LogP contribution in [0, 0.1) is 18.3 Å². The highest BCUT2D eigenvalue weighted by Gasteiger charge is 2.18. The number of amides is 1. The van der Waals surface area contributed by atoms with Gasteiger partial charge in [0.25, 0.3) is 5.91 Å². The van der Waals surface area contributed by atoms with Crippen molar-refractivity contribution in [1.29, 1.82) is 5.26 Å². The molecule has 1 N–H and O–H groups in total. The predicted octanol–water partition coefficient (Wildman–Crippen LogP) is 3.17. The van der Waals surface area contributed by atoms with Gasteiger partial charge in [-0.05, 0) is 37.3 Å². The van der Waals surface area contributed by atoms with Crippen molar-refractivity contribution < 1.29 is 13.2 Å². The van der Waals surface area contributed by atoms with E-state index in [9.17, 15) is 13.2 Å². The molecule has 2 aromatic carbocycles. The first kappa shape index (κ1) is 21.9. The molecule has 0 fully saturated rings. The molecule has 2 heterocycles. The average Bonchev–Trinajstić information content (AvgIpc) is 3.21. The molecule has 0 atom stereocenters. The van der Waals surface area contributed by atoms with Crippen LogP contribution in [0.5, 0.6) is 0 Å². The van der Waals surface area contributed by atoms with Gasteiger partial charge in [0.05, 0.1) is 27.9 Å². The summed E-state index contributed by atoms with van der Waals surface area (Å²) in [6.07, 6.45) is 4.04. The summed E-state index contributed by atoms with van der Waals surface area (Å²) in [7, 11) is -3.44. The van der Waals surface area contributed by atoms with Gasteiger partial charge in [-0.25, -0.2) is 23.1 Å². The summed E-state index contributed by atoms with van der Waals surface area (Å²) in [6, 6.07) is 17.0. The lowest BCUT2D eigenvalue weighted by atomic mass is 10.1. The lowest BCUT2D eigenvalue weighted by Gasteiger charge is -2.09. The molecule has 4 rings (SSSR count).